The maximum Gasteiger partial charge on any atom is 0.315 e. The number of urea groups is 1. The van der Waals surface area contributed by atoms with Crippen LogP contribution in [0.25, 0.3) is 0 Å². The summed E-state index contributed by atoms with van der Waals surface area (Å²) >= 11 is 1.49. The van der Waals surface area contributed by atoms with Gasteiger partial charge in [-0.3, -0.25) is 4.79 Å². The molecule has 0 spiro atoms. The average molecular weight is 285 g/mol. The number of rotatable bonds is 6. The molecule has 0 aliphatic carbocycles. The van der Waals surface area contributed by atoms with Gasteiger partial charge in [-0.2, -0.15) is 0 Å². The summed E-state index contributed by atoms with van der Waals surface area (Å²) in [5.41, 5.74) is 0.380. The van der Waals surface area contributed by atoms with Crippen LogP contribution in [-0.4, -0.2) is 27.6 Å². The minimum Gasteiger partial charge on any atom is -0.481 e. The third-order valence-corrected chi connectivity index (χ3v) is 3.45. The predicted molar refractivity (Wildman–Crippen MR) is 73.2 cm³/mol. The summed E-state index contributed by atoms with van der Waals surface area (Å²) in [5, 5.41) is 16.9. The van der Waals surface area contributed by atoms with Crippen molar-refractivity contribution in [2.24, 2.45) is 0 Å². The lowest BCUT2D eigenvalue weighted by molar-refractivity contribution is -0.137. The first-order valence-electron chi connectivity index (χ1n) is 5.97. The lowest BCUT2D eigenvalue weighted by Gasteiger charge is -2.25. The fraction of sp³-hybridized carbons (Fsp3) is 0.583. The Labute approximate surface area is 116 Å². The Bertz CT molecular complexity index is 457. The molecule has 0 bridgehead atoms. The number of thiazole rings is 1. The first kappa shape index (κ1) is 15.4. The van der Waals surface area contributed by atoms with Crippen molar-refractivity contribution in [1.29, 1.82) is 0 Å². The van der Waals surface area contributed by atoms with Crippen LogP contribution in [0, 0.1) is 6.92 Å². The van der Waals surface area contributed by atoms with Gasteiger partial charge in [-0.15, -0.1) is 11.3 Å². The largest absolute Gasteiger partial charge is 0.481 e. The number of carboxylic acids is 1. The molecule has 3 N–H and O–H groups in total. The summed E-state index contributed by atoms with van der Waals surface area (Å²) in [7, 11) is 0. The average Bonchev–Trinajstić information content (AvgIpc) is 2.69. The van der Waals surface area contributed by atoms with Crippen molar-refractivity contribution in [3.63, 3.8) is 0 Å². The summed E-state index contributed by atoms with van der Waals surface area (Å²) in [5.74, 6) is -0.867. The molecular formula is C12H19N3O3S. The Morgan fingerprint density at radius 3 is 2.68 bits per heavy atom. The standard InChI is InChI=1S/C12H19N3O3S/c1-8-7-19-9(14-8)6-13-11(18)15-12(2,3)5-4-10(16)17/h7H,4-6H2,1-3H3,(H,16,17)(H2,13,15,18). The van der Waals surface area contributed by atoms with Crippen LogP contribution in [0.5, 0.6) is 0 Å². The van der Waals surface area contributed by atoms with Gasteiger partial charge in [-0.1, -0.05) is 0 Å². The molecular weight excluding hydrogens is 266 g/mol. The molecule has 1 aromatic heterocycles. The minimum atomic E-state index is -0.867. The van der Waals surface area contributed by atoms with Gasteiger partial charge in [-0.05, 0) is 27.2 Å². The second-order valence-electron chi connectivity index (χ2n) is 4.97. The van der Waals surface area contributed by atoms with Gasteiger partial charge in [0.1, 0.15) is 5.01 Å². The van der Waals surface area contributed by atoms with Crippen molar-refractivity contribution in [1.82, 2.24) is 15.6 Å². The molecule has 19 heavy (non-hydrogen) atoms. The molecule has 0 unspecified atom stereocenters. The van der Waals surface area contributed by atoms with Crippen LogP contribution in [0.3, 0.4) is 0 Å². The fourth-order valence-corrected chi connectivity index (χ4v) is 2.18. The topological polar surface area (TPSA) is 91.3 Å². The molecule has 0 radical (unpaired) electrons. The van der Waals surface area contributed by atoms with Crippen molar-refractivity contribution < 1.29 is 14.7 Å². The van der Waals surface area contributed by atoms with Crippen LogP contribution in [0.2, 0.25) is 0 Å². The maximum atomic E-state index is 11.7. The van der Waals surface area contributed by atoms with E-state index in [-0.39, 0.29) is 12.5 Å². The number of carboxylic acid groups (broad SMARTS) is 1. The number of carbonyl (C=O) groups excluding carboxylic acids is 1. The SMILES string of the molecule is Cc1csc(CNC(=O)NC(C)(C)CCC(=O)O)n1. The number of carbonyl (C=O) groups is 2. The molecule has 0 saturated carbocycles. The molecule has 2 amide bonds. The molecule has 1 aromatic rings. The van der Waals surface area contributed by atoms with E-state index in [1.165, 1.54) is 11.3 Å². The van der Waals surface area contributed by atoms with Crippen molar-refractivity contribution in [3.8, 4) is 0 Å². The zero-order valence-electron chi connectivity index (χ0n) is 11.3. The van der Waals surface area contributed by atoms with Gasteiger partial charge >= 0.3 is 12.0 Å². The van der Waals surface area contributed by atoms with E-state index < -0.39 is 11.5 Å². The molecule has 0 aromatic carbocycles. The van der Waals surface area contributed by atoms with E-state index in [1.807, 2.05) is 12.3 Å². The Kier molecular flexibility index (Phi) is 5.29. The van der Waals surface area contributed by atoms with Gasteiger partial charge in [0.2, 0.25) is 0 Å². The predicted octanol–water partition coefficient (Wildman–Crippen LogP) is 1.89. The number of aromatic nitrogens is 1. The first-order valence-corrected chi connectivity index (χ1v) is 6.85. The molecule has 1 rings (SSSR count). The van der Waals surface area contributed by atoms with Gasteiger partial charge < -0.3 is 15.7 Å². The van der Waals surface area contributed by atoms with E-state index in [0.717, 1.165) is 10.7 Å². The highest BCUT2D eigenvalue weighted by atomic mass is 32.1. The van der Waals surface area contributed by atoms with Crippen LogP contribution in [0.4, 0.5) is 4.79 Å². The lowest BCUT2D eigenvalue weighted by Crippen LogP contribution is -2.48. The molecule has 7 heteroatoms. The van der Waals surface area contributed by atoms with Crippen molar-refractivity contribution in [3.05, 3.63) is 16.1 Å². The zero-order chi connectivity index (χ0) is 14.5. The van der Waals surface area contributed by atoms with E-state index >= 15 is 0 Å². The minimum absolute atomic E-state index is 0.0267. The monoisotopic (exact) mass is 285 g/mol. The van der Waals surface area contributed by atoms with E-state index in [4.69, 9.17) is 5.11 Å². The first-order chi connectivity index (χ1) is 8.78. The third kappa shape index (κ3) is 6.19. The lowest BCUT2D eigenvalue weighted by atomic mass is 9.99. The molecule has 1 heterocycles. The van der Waals surface area contributed by atoms with Crippen molar-refractivity contribution in [2.75, 3.05) is 0 Å². The van der Waals surface area contributed by atoms with Crippen LogP contribution in [0.15, 0.2) is 5.38 Å². The normalized spacial score (nSPS) is 11.1. The number of aryl methyl sites for hydroxylation is 1. The number of hydrogen-bond donors (Lipinski definition) is 3. The van der Waals surface area contributed by atoms with Gasteiger partial charge in [-0.25, -0.2) is 9.78 Å². The highest BCUT2D eigenvalue weighted by Crippen LogP contribution is 2.11. The summed E-state index contributed by atoms with van der Waals surface area (Å²) in [6.45, 7) is 5.86. The third-order valence-electron chi connectivity index (χ3n) is 2.48. The van der Waals surface area contributed by atoms with Crippen molar-refractivity contribution in [2.45, 2.75) is 45.7 Å². The molecule has 0 atom stereocenters. The molecule has 0 aliphatic rings. The smallest absolute Gasteiger partial charge is 0.315 e. The highest BCUT2D eigenvalue weighted by molar-refractivity contribution is 7.09. The van der Waals surface area contributed by atoms with Gasteiger partial charge in [0.15, 0.2) is 0 Å². The molecule has 0 saturated heterocycles. The van der Waals surface area contributed by atoms with E-state index in [0.29, 0.717) is 13.0 Å². The molecule has 0 fully saturated rings. The highest BCUT2D eigenvalue weighted by Gasteiger charge is 2.21. The quantitative estimate of drug-likeness (QED) is 0.744. The van der Waals surface area contributed by atoms with Crippen LogP contribution in [-0.2, 0) is 11.3 Å². The van der Waals surface area contributed by atoms with Crippen LogP contribution < -0.4 is 10.6 Å². The summed E-state index contributed by atoms with van der Waals surface area (Å²) in [4.78, 5) is 26.4. The summed E-state index contributed by atoms with van der Waals surface area (Å²) < 4.78 is 0. The summed E-state index contributed by atoms with van der Waals surface area (Å²) in [6.07, 6.45) is 0.408. The second-order valence-corrected chi connectivity index (χ2v) is 5.91. The number of amides is 2. The Balaban J connectivity index is 2.35. The molecule has 6 nitrogen and oxygen atoms in total. The summed E-state index contributed by atoms with van der Waals surface area (Å²) in [6, 6.07) is -0.316. The van der Waals surface area contributed by atoms with E-state index in [2.05, 4.69) is 15.6 Å². The number of hydrogen-bond acceptors (Lipinski definition) is 4. The van der Waals surface area contributed by atoms with Gasteiger partial charge in [0.05, 0.1) is 6.54 Å². The van der Waals surface area contributed by atoms with E-state index in [9.17, 15) is 9.59 Å². The molecule has 0 aliphatic heterocycles. The fourth-order valence-electron chi connectivity index (χ4n) is 1.47. The van der Waals surface area contributed by atoms with E-state index in [1.54, 1.807) is 13.8 Å². The molecule has 106 valence electrons. The Morgan fingerprint density at radius 2 is 2.16 bits per heavy atom. The van der Waals surface area contributed by atoms with Gasteiger partial charge in [0.25, 0.3) is 0 Å². The van der Waals surface area contributed by atoms with Gasteiger partial charge in [0, 0.05) is 23.0 Å². The number of aliphatic carboxylic acids is 1. The Morgan fingerprint density at radius 1 is 1.47 bits per heavy atom. The van der Waals surface area contributed by atoms with Crippen LogP contribution in [0.1, 0.15) is 37.4 Å². The van der Waals surface area contributed by atoms with Crippen molar-refractivity contribution >= 4 is 23.3 Å². The zero-order valence-corrected chi connectivity index (χ0v) is 12.1. The number of nitrogens with zero attached hydrogens (tertiary/aromatic N) is 1. The van der Waals surface area contributed by atoms with Crippen LogP contribution >= 0.6 is 11.3 Å². The number of nitrogens with one attached hydrogen (secondary N) is 2. The Hall–Kier alpha value is -1.63. The maximum absolute atomic E-state index is 11.7. The second kappa shape index (κ2) is 6.51.